The van der Waals surface area contributed by atoms with Crippen molar-refractivity contribution in [3.05, 3.63) is 59.7 Å². The number of carboxylic acid groups (broad SMARTS) is 1. The van der Waals surface area contributed by atoms with E-state index in [4.69, 9.17) is 9.47 Å². The number of carboxylic acids is 1. The number of carbonyl (C=O) groups excluding carboxylic acids is 3. The van der Waals surface area contributed by atoms with E-state index < -0.39 is 29.7 Å². The van der Waals surface area contributed by atoms with Crippen LogP contribution in [0.25, 0.3) is 11.1 Å². The predicted octanol–water partition coefficient (Wildman–Crippen LogP) is 3.11. The molecule has 7 nitrogen and oxygen atoms in total. The molecule has 0 aliphatic heterocycles. The number of aliphatic carboxylic acids is 1. The zero-order chi connectivity index (χ0) is 23.5. The second-order valence-corrected chi connectivity index (χ2v) is 8.87. The highest BCUT2D eigenvalue weighted by molar-refractivity contribution is 5.81. The van der Waals surface area contributed by atoms with Gasteiger partial charge in [-0.3, -0.25) is 4.79 Å². The maximum atomic E-state index is 12.6. The summed E-state index contributed by atoms with van der Waals surface area (Å²) in [5, 5.41) is 11.6. The van der Waals surface area contributed by atoms with Crippen molar-refractivity contribution in [1.82, 2.24) is 4.90 Å². The standard InChI is InChI=1S/C25H29NO6/c1-25(2,3)32-22(27)14-13-21(23(28)29)26(4)24(30)31-15-20-18-11-7-5-9-16(18)17-10-6-8-12-19(17)20/h5-12,20-21H,13-15H2,1-4H3,(H,28,29)/p-1/t21-/m0/s1. The third-order valence-electron chi connectivity index (χ3n) is 5.41. The molecular weight excluding hydrogens is 410 g/mol. The van der Waals surface area contributed by atoms with Gasteiger partial charge in [0.05, 0.1) is 12.0 Å². The number of ether oxygens (including phenoxy) is 2. The average Bonchev–Trinajstić information content (AvgIpc) is 3.04. The van der Waals surface area contributed by atoms with E-state index in [-0.39, 0.29) is 25.4 Å². The van der Waals surface area contributed by atoms with E-state index >= 15 is 0 Å². The molecule has 2 aromatic rings. The molecule has 170 valence electrons. The van der Waals surface area contributed by atoms with E-state index in [1.807, 2.05) is 48.5 Å². The molecule has 0 aromatic heterocycles. The topological polar surface area (TPSA) is 96.0 Å². The predicted molar refractivity (Wildman–Crippen MR) is 117 cm³/mol. The lowest BCUT2D eigenvalue weighted by molar-refractivity contribution is -0.311. The number of rotatable bonds is 7. The summed E-state index contributed by atoms with van der Waals surface area (Å²) in [6, 6.07) is 14.6. The van der Waals surface area contributed by atoms with Crippen LogP contribution >= 0.6 is 0 Å². The molecule has 0 bridgehead atoms. The first-order chi connectivity index (χ1) is 15.1. The van der Waals surface area contributed by atoms with Gasteiger partial charge in [0.2, 0.25) is 0 Å². The van der Waals surface area contributed by atoms with Crippen LogP contribution in [0.3, 0.4) is 0 Å². The minimum atomic E-state index is -1.45. The van der Waals surface area contributed by atoms with Crippen LogP contribution in [0.1, 0.15) is 50.7 Å². The van der Waals surface area contributed by atoms with Crippen molar-refractivity contribution >= 4 is 18.0 Å². The van der Waals surface area contributed by atoms with Crippen LogP contribution in [0.4, 0.5) is 4.79 Å². The fourth-order valence-electron chi connectivity index (χ4n) is 3.94. The lowest BCUT2D eigenvalue weighted by atomic mass is 9.98. The number of fused-ring (bicyclic) bond motifs is 3. The largest absolute Gasteiger partial charge is 0.548 e. The molecule has 1 atom stereocenters. The van der Waals surface area contributed by atoms with Gasteiger partial charge >= 0.3 is 12.1 Å². The summed E-state index contributed by atoms with van der Waals surface area (Å²) in [6.07, 6.45) is -1.07. The van der Waals surface area contributed by atoms with Gasteiger partial charge < -0.3 is 24.3 Å². The van der Waals surface area contributed by atoms with Gasteiger partial charge in [0.1, 0.15) is 12.2 Å². The zero-order valence-electron chi connectivity index (χ0n) is 18.8. The molecule has 0 heterocycles. The maximum absolute atomic E-state index is 12.6. The molecule has 0 spiro atoms. The number of nitrogens with zero attached hydrogens (tertiary/aromatic N) is 1. The summed E-state index contributed by atoms with van der Waals surface area (Å²) in [6.45, 7) is 5.25. The molecule has 1 amide bonds. The van der Waals surface area contributed by atoms with Gasteiger partial charge in [0.25, 0.3) is 0 Å². The van der Waals surface area contributed by atoms with Gasteiger partial charge in [-0.1, -0.05) is 48.5 Å². The molecule has 1 aliphatic rings. The van der Waals surface area contributed by atoms with Gasteiger partial charge in [-0.2, -0.15) is 0 Å². The summed E-state index contributed by atoms with van der Waals surface area (Å²) in [5.74, 6) is -2.13. The SMILES string of the molecule is CN(C(=O)OCC1c2ccccc2-c2ccccc21)[C@@H](CCC(=O)OC(C)(C)C)C(=O)[O-]. The first-order valence-electron chi connectivity index (χ1n) is 10.6. The van der Waals surface area contributed by atoms with Crippen molar-refractivity contribution < 1.29 is 29.0 Å². The second-order valence-electron chi connectivity index (χ2n) is 8.87. The van der Waals surface area contributed by atoms with Crippen LogP contribution in [0, 0.1) is 0 Å². The van der Waals surface area contributed by atoms with Gasteiger partial charge in [-0.25, -0.2) is 4.79 Å². The Morgan fingerprint density at radius 3 is 2.03 bits per heavy atom. The Morgan fingerprint density at radius 2 is 1.53 bits per heavy atom. The van der Waals surface area contributed by atoms with E-state index in [2.05, 4.69) is 0 Å². The normalized spacial score (nSPS) is 13.6. The second kappa shape index (κ2) is 9.42. The Kier molecular flexibility index (Phi) is 6.87. The van der Waals surface area contributed by atoms with Gasteiger partial charge in [-0.05, 0) is 49.4 Å². The third-order valence-corrected chi connectivity index (χ3v) is 5.41. The minimum absolute atomic E-state index is 0.0725. The number of likely N-dealkylation sites (N-methyl/N-ethyl adjacent to an activating group) is 1. The number of esters is 1. The molecule has 3 rings (SSSR count). The van der Waals surface area contributed by atoms with E-state index in [0.29, 0.717) is 0 Å². The minimum Gasteiger partial charge on any atom is -0.548 e. The Hall–Kier alpha value is -3.35. The molecule has 0 N–H and O–H groups in total. The number of hydrogen-bond donors (Lipinski definition) is 0. The molecule has 0 saturated heterocycles. The summed E-state index contributed by atoms with van der Waals surface area (Å²) >= 11 is 0. The maximum Gasteiger partial charge on any atom is 0.410 e. The fourth-order valence-corrected chi connectivity index (χ4v) is 3.94. The molecule has 7 heteroatoms. The monoisotopic (exact) mass is 438 g/mol. The Balaban J connectivity index is 1.64. The van der Waals surface area contributed by atoms with E-state index in [0.717, 1.165) is 27.2 Å². The molecule has 2 aromatic carbocycles. The number of benzene rings is 2. The van der Waals surface area contributed by atoms with Crippen molar-refractivity contribution in [3.8, 4) is 11.1 Å². The van der Waals surface area contributed by atoms with Crippen molar-refractivity contribution in [2.45, 2.75) is 51.2 Å². The summed E-state index contributed by atoms with van der Waals surface area (Å²) < 4.78 is 10.7. The third kappa shape index (κ3) is 5.28. The Morgan fingerprint density at radius 1 is 1.00 bits per heavy atom. The summed E-state index contributed by atoms with van der Waals surface area (Å²) in [5.41, 5.74) is 3.65. The highest BCUT2D eigenvalue weighted by atomic mass is 16.6. The van der Waals surface area contributed by atoms with Crippen LogP contribution in [-0.4, -0.2) is 48.2 Å². The Labute approximate surface area is 187 Å². The van der Waals surface area contributed by atoms with Crippen molar-refractivity contribution in [3.63, 3.8) is 0 Å². The average molecular weight is 439 g/mol. The molecule has 0 unspecified atom stereocenters. The van der Waals surface area contributed by atoms with E-state index in [9.17, 15) is 19.5 Å². The smallest absolute Gasteiger partial charge is 0.410 e. The van der Waals surface area contributed by atoms with Crippen LogP contribution in [0.15, 0.2) is 48.5 Å². The number of hydrogen-bond acceptors (Lipinski definition) is 6. The highest BCUT2D eigenvalue weighted by Gasteiger charge is 2.30. The summed E-state index contributed by atoms with van der Waals surface area (Å²) in [4.78, 5) is 37.2. The first-order valence-corrected chi connectivity index (χ1v) is 10.6. The van der Waals surface area contributed by atoms with Crippen LogP contribution in [0.2, 0.25) is 0 Å². The fraction of sp³-hybridized carbons (Fsp3) is 0.400. The first kappa shape index (κ1) is 23.3. The van der Waals surface area contributed by atoms with E-state index in [1.165, 1.54) is 7.05 Å². The number of amides is 1. The van der Waals surface area contributed by atoms with E-state index in [1.54, 1.807) is 20.8 Å². The molecule has 0 fully saturated rings. The quantitative estimate of drug-likeness (QED) is 0.617. The molecule has 1 aliphatic carbocycles. The van der Waals surface area contributed by atoms with Gasteiger partial charge in [-0.15, -0.1) is 0 Å². The van der Waals surface area contributed by atoms with Gasteiger partial charge in [0.15, 0.2) is 0 Å². The van der Waals surface area contributed by atoms with Crippen molar-refractivity contribution in [1.29, 1.82) is 0 Å². The Bertz CT molecular complexity index is 964. The zero-order valence-corrected chi connectivity index (χ0v) is 18.8. The molecule has 32 heavy (non-hydrogen) atoms. The molecule has 0 radical (unpaired) electrons. The summed E-state index contributed by atoms with van der Waals surface area (Å²) in [7, 11) is 1.33. The van der Waals surface area contributed by atoms with Crippen molar-refractivity contribution in [2.75, 3.05) is 13.7 Å². The molecule has 0 saturated carbocycles. The van der Waals surface area contributed by atoms with Crippen LogP contribution in [0.5, 0.6) is 0 Å². The highest BCUT2D eigenvalue weighted by Crippen LogP contribution is 2.44. The lowest BCUT2D eigenvalue weighted by Crippen LogP contribution is -2.49. The van der Waals surface area contributed by atoms with Crippen LogP contribution < -0.4 is 5.11 Å². The lowest BCUT2D eigenvalue weighted by Gasteiger charge is -2.29. The molecular formula is C25H28NO6-. The number of carbonyl (C=O) groups is 3. The van der Waals surface area contributed by atoms with Crippen molar-refractivity contribution in [2.24, 2.45) is 0 Å². The van der Waals surface area contributed by atoms with Crippen LogP contribution in [-0.2, 0) is 19.1 Å². The van der Waals surface area contributed by atoms with Gasteiger partial charge in [0, 0.05) is 19.4 Å².